The number of rotatable bonds is 6. The molecule has 0 saturated heterocycles. The van der Waals surface area contributed by atoms with Crippen molar-refractivity contribution in [3.63, 3.8) is 0 Å². The van der Waals surface area contributed by atoms with Gasteiger partial charge < -0.3 is 15.2 Å². The number of hydrogen-bond acceptors (Lipinski definition) is 4. The highest BCUT2D eigenvalue weighted by Gasteiger charge is 2.30. The molecule has 0 radical (unpaired) electrons. The topological polar surface area (TPSA) is 78.6 Å². The summed E-state index contributed by atoms with van der Waals surface area (Å²) in [5.74, 6) is -0.476. The summed E-state index contributed by atoms with van der Waals surface area (Å²) in [6.45, 7) is 5.02. The fourth-order valence-corrected chi connectivity index (χ4v) is 1.79. The molecule has 0 heterocycles. The van der Waals surface area contributed by atoms with Crippen LogP contribution in [0.1, 0.15) is 36.7 Å². The van der Waals surface area contributed by atoms with Gasteiger partial charge in [-0.3, -0.25) is 4.79 Å². The Balaban J connectivity index is 2.60. The van der Waals surface area contributed by atoms with E-state index in [4.69, 9.17) is 15.2 Å². The minimum Gasteiger partial charge on any atom is -0.443 e. The Morgan fingerprint density at radius 2 is 1.67 bits per heavy atom. The molecule has 0 aliphatic carbocycles. The Kier molecular flexibility index (Phi) is 6.36. The van der Waals surface area contributed by atoms with Crippen LogP contribution in [0.4, 0.5) is 18.0 Å². The first-order chi connectivity index (χ1) is 10.9. The van der Waals surface area contributed by atoms with Gasteiger partial charge in [-0.25, -0.2) is 4.79 Å². The molecular weight excluding hydrogens is 327 g/mol. The van der Waals surface area contributed by atoms with Gasteiger partial charge in [0.25, 0.3) is 0 Å². The lowest BCUT2D eigenvalue weighted by Gasteiger charge is -2.29. The zero-order valence-electron chi connectivity index (χ0n) is 13.6. The van der Waals surface area contributed by atoms with Crippen LogP contribution in [-0.4, -0.2) is 31.2 Å². The minimum absolute atomic E-state index is 0.0567. The molecule has 1 atom stereocenters. The van der Waals surface area contributed by atoms with Crippen LogP contribution in [0.5, 0.6) is 0 Å². The molecule has 0 fully saturated rings. The molecule has 1 rings (SSSR count). The fourth-order valence-electron chi connectivity index (χ4n) is 1.79. The molecule has 2 N–H and O–H groups in total. The highest BCUT2D eigenvalue weighted by atomic mass is 19.4. The van der Waals surface area contributed by atoms with Crippen molar-refractivity contribution in [1.82, 2.24) is 0 Å². The number of ether oxygens (including phenoxy) is 2. The molecule has 0 spiro atoms. The Morgan fingerprint density at radius 1 is 1.12 bits per heavy atom. The maximum absolute atomic E-state index is 12.5. The summed E-state index contributed by atoms with van der Waals surface area (Å²) in [7, 11) is 0. The zero-order chi connectivity index (χ0) is 18.5. The van der Waals surface area contributed by atoms with Gasteiger partial charge >= 0.3 is 12.3 Å². The molecule has 8 heteroatoms. The highest BCUT2D eigenvalue weighted by Crippen LogP contribution is 2.29. The van der Waals surface area contributed by atoms with E-state index in [1.165, 1.54) is 0 Å². The van der Waals surface area contributed by atoms with Gasteiger partial charge in [0.2, 0.25) is 0 Å². The molecular formula is C16H20F3NO4. The van der Waals surface area contributed by atoms with E-state index in [1.54, 1.807) is 0 Å². The summed E-state index contributed by atoms with van der Waals surface area (Å²) in [5, 5.41) is 0. The van der Waals surface area contributed by atoms with E-state index < -0.39 is 35.1 Å². The predicted octanol–water partition coefficient (Wildman–Crippen LogP) is 3.41. The number of carbonyl (C=O) groups excluding carboxylic acids is 2. The van der Waals surface area contributed by atoms with Crippen LogP contribution in [0.15, 0.2) is 24.3 Å². The SMILES string of the molecule is CC(C)(C)C(COCC(=O)c1ccc(C(F)(F)F)cc1)OC(N)=O. The molecule has 1 aromatic carbocycles. The fraction of sp³-hybridized carbons (Fsp3) is 0.500. The Bertz CT molecular complexity index is 576. The Morgan fingerprint density at radius 3 is 2.08 bits per heavy atom. The van der Waals surface area contributed by atoms with Crippen LogP contribution in [0.2, 0.25) is 0 Å². The minimum atomic E-state index is -4.45. The summed E-state index contributed by atoms with van der Waals surface area (Å²) in [4.78, 5) is 22.8. The second-order valence-electron chi connectivity index (χ2n) is 6.30. The second kappa shape index (κ2) is 7.65. The van der Waals surface area contributed by atoms with Crippen LogP contribution < -0.4 is 5.73 Å². The Labute approximate surface area is 137 Å². The lowest BCUT2D eigenvalue weighted by atomic mass is 9.89. The van der Waals surface area contributed by atoms with Gasteiger partial charge in [0.1, 0.15) is 12.7 Å². The number of hydrogen-bond donors (Lipinski definition) is 1. The summed E-state index contributed by atoms with van der Waals surface area (Å²) in [6, 6.07) is 3.86. The average molecular weight is 347 g/mol. The highest BCUT2D eigenvalue weighted by molar-refractivity contribution is 5.97. The van der Waals surface area contributed by atoms with Crippen molar-refractivity contribution in [2.75, 3.05) is 13.2 Å². The van der Waals surface area contributed by atoms with Crippen molar-refractivity contribution in [2.24, 2.45) is 11.1 Å². The maximum Gasteiger partial charge on any atom is 0.416 e. The Hall–Kier alpha value is -2.09. The zero-order valence-corrected chi connectivity index (χ0v) is 13.6. The van der Waals surface area contributed by atoms with Gasteiger partial charge in [0, 0.05) is 11.0 Å². The third-order valence-corrected chi connectivity index (χ3v) is 3.26. The molecule has 0 bridgehead atoms. The molecule has 1 unspecified atom stereocenters. The first-order valence-corrected chi connectivity index (χ1v) is 7.15. The van der Waals surface area contributed by atoms with Crippen molar-refractivity contribution >= 4 is 11.9 Å². The molecule has 134 valence electrons. The van der Waals surface area contributed by atoms with E-state index in [0.717, 1.165) is 24.3 Å². The predicted molar refractivity (Wildman–Crippen MR) is 80.5 cm³/mol. The van der Waals surface area contributed by atoms with Crippen LogP contribution in [0, 0.1) is 5.41 Å². The first-order valence-electron chi connectivity index (χ1n) is 7.15. The molecule has 24 heavy (non-hydrogen) atoms. The van der Waals surface area contributed by atoms with Crippen LogP contribution in [0.3, 0.4) is 0 Å². The van der Waals surface area contributed by atoms with Crippen molar-refractivity contribution in [1.29, 1.82) is 0 Å². The van der Waals surface area contributed by atoms with Gasteiger partial charge in [-0.15, -0.1) is 0 Å². The van der Waals surface area contributed by atoms with Gasteiger partial charge in [-0.05, 0) is 12.1 Å². The largest absolute Gasteiger partial charge is 0.443 e. The van der Waals surface area contributed by atoms with Crippen LogP contribution >= 0.6 is 0 Å². The summed E-state index contributed by atoms with van der Waals surface area (Å²) < 4.78 is 47.6. The molecule has 0 aliphatic heterocycles. The number of primary amides is 1. The molecule has 1 aromatic rings. The maximum atomic E-state index is 12.5. The number of amides is 1. The number of ketones is 1. The van der Waals surface area contributed by atoms with E-state index in [9.17, 15) is 22.8 Å². The van der Waals surface area contributed by atoms with Crippen molar-refractivity contribution in [2.45, 2.75) is 33.1 Å². The number of carbonyl (C=O) groups is 2. The number of benzene rings is 1. The molecule has 5 nitrogen and oxygen atoms in total. The van der Waals surface area contributed by atoms with E-state index in [0.29, 0.717) is 0 Å². The van der Waals surface area contributed by atoms with Gasteiger partial charge in [0.05, 0.1) is 12.2 Å². The van der Waals surface area contributed by atoms with Gasteiger partial charge in [-0.1, -0.05) is 32.9 Å². The molecule has 0 saturated carbocycles. The third kappa shape index (κ3) is 6.19. The molecule has 0 aromatic heterocycles. The van der Waals surface area contributed by atoms with Crippen molar-refractivity contribution < 1.29 is 32.2 Å². The summed E-state index contributed by atoms with van der Waals surface area (Å²) >= 11 is 0. The lowest BCUT2D eigenvalue weighted by Crippen LogP contribution is -2.37. The van der Waals surface area contributed by atoms with Gasteiger partial charge in [0.15, 0.2) is 5.78 Å². The summed E-state index contributed by atoms with van der Waals surface area (Å²) in [5.41, 5.74) is 3.81. The number of halogens is 3. The van der Waals surface area contributed by atoms with Crippen molar-refractivity contribution in [3.05, 3.63) is 35.4 Å². The van der Waals surface area contributed by atoms with Crippen LogP contribution in [0.25, 0.3) is 0 Å². The quantitative estimate of drug-likeness (QED) is 0.800. The number of alkyl halides is 3. The van der Waals surface area contributed by atoms with E-state index in [1.807, 2.05) is 20.8 Å². The average Bonchev–Trinajstić information content (AvgIpc) is 2.44. The normalized spacial score (nSPS) is 13.4. The molecule has 1 amide bonds. The van der Waals surface area contributed by atoms with E-state index in [2.05, 4.69) is 0 Å². The van der Waals surface area contributed by atoms with Gasteiger partial charge in [-0.2, -0.15) is 13.2 Å². The molecule has 0 aliphatic rings. The standard InChI is InChI=1S/C16H20F3NO4/c1-15(2,3)13(24-14(20)22)9-23-8-12(21)10-4-6-11(7-5-10)16(17,18)19/h4-7,13H,8-9H2,1-3H3,(H2,20,22). The monoisotopic (exact) mass is 347 g/mol. The van der Waals surface area contributed by atoms with Crippen LogP contribution in [-0.2, 0) is 15.7 Å². The second-order valence-corrected chi connectivity index (χ2v) is 6.30. The smallest absolute Gasteiger partial charge is 0.416 e. The number of nitrogens with two attached hydrogens (primary N) is 1. The third-order valence-electron chi connectivity index (χ3n) is 3.26. The first kappa shape index (κ1) is 20.0. The summed E-state index contributed by atoms with van der Waals surface area (Å²) in [6.07, 6.45) is -6.06. The van der Waals surface area contributed by atoms with E-state index in [-0.39, 0.29) is 18.8 Å². The van der Waals surface area contributed by atoms with E-state index >= 15 is 0 Å². The number of Topliss-reactive ketones (excluding diaryl/α,β-unsaturated/α-hetero) is 1. The van der Waals surface area contributed by atoms with Crippen molar-refractivity contribution in [3.8, 4) is 0 Å². The lowest BCUT2D eigenvalue weighted by molar-refractivity contribution is -0.137.